The number of hydrogen-bond donors (Lipinski definition) is 1. The molecule has 2 N–H and O–H groups in total. The SMILES string of the molecule is COC(=O)C1(N)Cc2ccccc21. The Kier molecular flexibility index (Phi) is 1.63. The van der Waals surface area contributed by atoms with Crippen molar-refractivity contribution >= 4 is 5.97 Å². The summed E-state index contributed by atoms with van der Waals surface area (Å²) in [4.78, 5) is 11.3. The van der Waals surface area contributed by atoms with Gasteiger partial charge in [-0.2, -0.15) is 0 Å². The van der Waals surface area contributed by atoms with Crippen LogP contribution in [-0.2, 0) is 21.5 Å². The minimum atomic E-state index is -0.897. The Balaban J connectivity index is 2.39. The first kappa shape index (κ1) is 8.26. The normalized spacial score (nSPS) is 24.5. The van der Waals surface area contributed by atoms with Crippen molar-refractivity contribution in [2.24, 2.45) is 5.73 Å². The summed E-state index contributed by atoms with van der Waals surface area (Å²) in [6.45, 7) is 0. The molecule has 0 heterocycles. The molecule has 1 unspecified atom stereocenters. The van der Waals surface area contributed by atoms with Crippen LogP contribution >= 0.6 is 0 Å². The molecule has 1 aliphatic rings. The fourth-order valence-electron chi connectivity index (χ4n) is 1.76. The number of methoxy groups -OCH3 is 1. The highest BCUT2D eigenvalue weighted by Crippen LogP contribution is 2.37. The second-order valence-electron chi connectivity index (χ2n) is 3.30. The summed E-state index contributed by atoms with van der Waals surface area (Å²) >= 11 is 0. The van der Waals surface area contributed by atoms with Crippen molar-refractivity contribution < 1.29 is 9.53 Å². The molecule has 0 saturated heterocycles. The lowest BCUT2D eigenvalue weighted by molar-refractivity contribution is -0.148. The van der Waals surface area contributed by atoms with Gasteiger partial charge in [0.15, 0.2) is 0 Å². The van der Waals surface area contributed by atoms with Crippen LogP contribution in [0.25, 0.3) is 0 Å². The topological polar surface area (TPSA) is 52.3 Å². The highest BCUT2D eigenvalue weighted by molar-refractivity contribution is 5.86. The molecule has 0 aliphatic heterocycles. The third-order valence-corrected chi connectivity index (χ3v) is 2.52. The number of carbonyl (C=O) groups is 1. The third kappa shape index (κ3) is 0.971. The predicted octanol–water partition coefficient (Wildman–Crippen LogP) is 0.570. The van der Waals surface area contributed by atoms with Crippen LogP contribution in [0.5, 0.6) is 0 Å². The molecule has 68 valence electrons. The van der Waals surface area contributed by atoms with E-state index in [0.29, 0.717) is 6.42 Å². The molecule has 0 radical (unpaired) electrons. The Morgan fingerprint density at radius 1 is 1.54 bits per heavy atom. The summed E-state index contributed by atoms with van der Waals surface area (Å²) in [6.07, 6.45) is 0.579. The van der Waals surface area contributed by atoms with E-state index < -0.39 is 5.54 Å². The maximum absolute atomic E-state index is 11.3. The first-order chi connectivity index (χ1) is 6.18. The fraction of sp³-hybridized carbons (Fsp3) is 0.300. The minimum Gasteiger partial charge on any atom is -0.467 e. The molecular weight excluding hydrogens is 166 g/mol. The van der Waals surface area contributed by atoms with E-state index in [1.54, 1.807) is 0 Å². The van der Waals surface area contributed by atoms with E-state index in [9.17, 15) is 4.79 Å². The zero-order chi connectivity index (χ0) is 9.47. The molecule has 0 amide bonds. The van der Waals surface area contributed by atoms with Crippen LogP contribution in [0.4, 0.5) is 0 Å². The van der Waals surface area contributed by atoms with Gasteiger partial charge in [-0.15, -0.1) is 0 Å². The molecule has 0 saturated carbocycles. The van der Waals surface area contributed by atoms with Gasteiger partial charge in [0, 0.05) is 6.42 Å². The van der Waals surface area contributed by atoms with Gasteiger partial charge in [-0.3, -0.25) is 0 Å². The Morgan fingerprint density at radius 2 is 2.23 bits per heavy atom. The number of ether oxygens (including phenoxy) is 1. The Bertz CT molecular complexity index is 362. The number of hydrogen-bond acceptors (Lipinski definition) is 3. The highest BCUT2D eigenvalue weighted by Gasteiger charge is 2.46. The summed E-state index contributed by atoms with van der Waals surface area (Å²) in [5, 5.41) is 0. The monoisotopic (exact) mass is 177 g/mol. The highest BCUT2D eigenvalue weighted by atomic mass is 16.5. The van der Waals surface area contributed by atoms with Gasteiger partial charge in [0.05, 0.1) is 7.11 Å². The molecule has 1 aromatic carbocycles. The molecule has 3 nitrogen and oxygen atoms in total. The van der Waals surface area contributed by atoms with Crippen LogP contribution < -0.4 is 5.73 Å². The van der Waals surface area contributed by atoms with Crippen molar-refractivity contribution in [3.8, 4) is 0 Å². The zero-order valence-electron chi connectivity index (χ0n) is 7.41. The minimum absolute atomic E-state index is 0.355. The molecule has 1 aromatic rings. The third-order valence-electron chi connectivity index (χ3n) is 2.52. The molecule has 1 atom stereocenters. The van der Waals surface area contributed by atoms with E-state index in [2.05, 4.69) is 4.74 Å². The molecule has 0 fully saturated rings. The molecule has 3 heteroatoms. The Morgan fingerprint density at radius 3 is 2.85 bits per heavy atom. The maximum atomic E-state index is 11.3. The van der Waals surface area contributed by atoms with Gasteiger partial charge in [0.25, 0.3) is 0 Å². The molecule has 0 aromatic heterocycles. The lowest BCUT2D eigenvalue weighted by Gasteiger charge is -2.37. The summed E-state index contributed by atoms with van der Waals surface area (Å²) in [5.74, 6) is -0.355. The Labute approximate surface area is 76.5 Å². The fourth-order valence-corrected chi connectivity index (χ4v) is 1.76. The van der Waals surface area contributed by atoms with E-state index in [0.717, 1.165) is 11.1 Å². The van der Waals surface area contributed by atoms with E-state index in [1.165, 1.54) is 7.11 Å². The van der Waals surface area contributed by atoms with Gasteiger partial charge in [-0.25, -0.2) is 4.79 Å². The van der Waals surface area contributed by atoms with Crippen molar-refractivity contribution in [3.63, 3.8) is 0 Å². The molecule has 13 heavy (non-hydrogen) atoms. The van der Waals surface area contributed by atoms with Crippen molar-refractivity contribution in [2.45, 2.75) is 12.0 Å². The van der Waals surface area contributed by atoms with Gasteiger partial charge in [-0.1, -0.05) is 24.3 Å². The number of benzene rings is 1. The second-order valence-corrected chi connectivity index (χ2v) is 3.30. The maximum Gasteiger partial charge on any atom is 0.330 e. The Hall–Kier alpha value is -1.35. The average molecular weight is 177 g/mol. The second kappa shape index (κ2) is 2.57. The lowest BCUT2D eigenvalue weighted by Crippen LogP contribution is -2.54. The number of nitrogens with two attached hydrogens (primary N) is 1. The molecule has 1 aliphatic carbocycles. The number of fused-ring (bicyclic) bond motifs is 1. The lowest BCUT2D eigenvalue weighted by atomic mass is 9.71. The molecule has 0 bridgehead atoms. The summed E-state index contributed by atoms with van der Waals surface area (Å²) < 4.78 is 4.65. The summed E-state index contributed by atoms with van der Waals surface area (Å²) in [7, 11) is 1.36. The number of carbonyl (C=O) groups excluding carboxylic acids is 1. The summed E-state index contributed by atoms with van der Waals surface area (Å²) in [5.41, 5.74) is 7.02. The molecule has 2 rings (SSSR count). The first-order valence-electron chi connectivity index (χ1n) is 4.14. The van der Waals surface area contributed by atoms with Crippen LogP contribution in [0, 0.1) is 0 Å². The molecular formula is C10H11NO2. The van der Waals surface area contributed by atoms with Crippen molar-refractivity contribution in [3.05, 3.63) is 35.4 Å². The standard InChI is InChI=1S/C10H11NO2/c1-13-9(12)10(11)6-7-4-2-3-5-8(7)10/h2-5H,6,11H2,1H3. The molecule has 0 spiro atoms. The van der Waals surface area contributed by atoms with Crippen molar-refractivity contribution in [1.82, 2.24) is 0 Å². The van der Waals surface area contributed by atoms with Gasteiger partial charge < -0.3 is 10.5 Å². The summed E-state index contributed by atoms with van der Waals surface area (Å²) in [6, 6.07) is 7.66. The van der Waals surface area contributed by atoms with Crippen molar-refractivity contribution in [2.75, 3.05) is 7.11 Å². The number of esters is 1. The quantitative estimate of drug-likeness (QED) is 0.638. The first-order valence-corrected chi connectivity index (χ1v) is 4.14. The van der Waals surface area contributed by atoms with E-state index in [-0.39, 0.29) is 5.97 Å². The van der Waals surface area contributed by atoms with Crippen LogP contribution in [0.3, 0.4) is 0 Å². The van der Waals surface area contributed by atoms with Crippen LogP contribution in [0.15, 0.2) is 24.3 Å². The largest absolute Gasteiger partial charge is 0.467 e. The van der Waals surface area contributed by atoms with E-state index in [1.807, 2.05) is 24.3 Å². The number of rotatable bonds is 1. The van der Waals surface area contributed by atoms with E-state index >= 15 is 0 Å². The van der Waals surface area contributed by atoms with Gasteiger partial charge >= 0.3 is 5.97 Å². The van der Waals surface area contributed by atoms with Crippen molar-refractivity contribution in [1.29, 1.82) is 0 Å². The average Bonchev–Trinajstić information content (AvgIpc) is 2.15. The van der Waals surface area contributed by atoms with Crippen LogP contribution in [-0.4, -0.2) is 13.1 Å². The zero-order valence-corrected chi connectivity index (χ0v) is 7.41. The van der Waals surface area contributed by atoms with Gasteiger partial charge in [-0.05, 0) is 11.1 Å². The van der Waals surface area contributed by atoms with Crippen LogP contribution in [0.2, 0.25) is 0 Å². The smallest absolute Gasteiger partial charge is 0.330 e. The van der Waals surface area contributed by atoms with Gasteiger partial charge in [0.1, 0.15) is 5.54 Å². The van der Waals surface area contributed by atoms with Gasteiger partial charge in [0.2, 0.25) is 0 Å². The van der Waals surface area contributed by atoms with E-state index in [4.69, 9.17) is 5.73 Å². The van der Waals surface area contributed by atoms with Crippen LogP contribution in [0.1, 0.15) is 11.1 Å². The predicted molar refractivity (Wildman–Crippen MR) is 48.0 cm³/mol.